The van der Waals surface area contributed by atoms with E-state index in [1.165, 1.54) is 0 Å². The van der Waals surface area contributed by atoms with Crippen molar-refractivity contribution in [3.63, 3.8) is 0 Å². The van der Waals surface area contributed by atoms with Gasteiger partial charge in [-0.15, -0.1) is 0 Å². The molecule has 0 amide bonds. The van der Waals surface area contributed by atoms with E-state index in [0.29, 0.717) is 25.7 Å². The summed E-state index contributed by atoms with van der Waals surface area (Å²) in [6.45, 7) is 10.6. The molecule has 0 aromatic carbocycles. The van der Waals surface area contributed by atoms with Gasteiger partial charge in [0.1, 0.15) is 6.07 Å². The predicted octanol–water partition coefficient (Wildman–Crippen LogP) is 5.92. The molecule has 0 bridgehead atoms. The van der Waals surface area contributed by atoms with Gasteiger partial charge in [-0.2, -0.15) is 9.65 Å². The van der Waals surface area contributed by atoms with Crippen molar-refractivity contribution in [2.75, 3.05) is 0 Å². The van der Waals surface area contributed by atoms with Gasteiger partial charge in [-0.3, -0.25) is 14.4 Å². The number of allylic oxidation sites excluding steroid dienone is 4. The van der Waals surface area contributed by atoms with E-state index in [1.807, 2.05) is 13.0 Å². The van der Waals surface area contributed by atoms with Crippen molar-refractivity contribution in [2.24, 2.45) is 51.2 Å². The summed E-state index contributed by atoms with van der Waals surface area (Å²) in [4.78, 5) is 39.1. The van der Waals surface area contributed by atoms with Crippen LogP contribution in [0.25, 0.3) is 0 Å². The third-order valence-corrected chi connectivity index (χ3v) is 11.1. The summed E-state index contributed by atoms with van der Waals surface area (Å²) < 4.78 is 14.7. The number of hydrogen-bond donors (Lipinski definition) is 0. The van der Waals surface area contributed by atoms with E-state index in [9.17, 15) is 24.0 Å². The number of fused-ring (bicyclic) bond motifs is 7. The van der Waals surface area contributed by atoms with Crippen molar-refractivity contribution < 1.29 is 18.8 Å². The lowest BCUT2D eigenvalue weighted by Gasteiger charge is -2.63. The zero-order chi connectivity index (χ0) is 24.8. The normalized spacial score (nSPS) is 47.1. The van der Waals surface area contributed by atoms with Crippen molar-refractivity contribution in [3.05, 3.63) is 23.3 Å². The number of ketones is 2. The fourth-order valence-electron chi connectivity index (χ4n) is 9.24. The van der Waals surface area contributed by atoms with Gasteiger partial charge < -0.3 is 0 Å². The van der Waals surface area contributed by atoms with E-state index in [-0.39, 0.29) is 57.6 Å². The summed E-state index contributed by atoms with van der Waals surface area (Å²) in [5.41, 5.74) is -0.593. The highest BCUT2D eigenvalue weighted by Gasteiger charge is 2.66. The van der Waals surface area contributed by atoms with E-state index in [1.54, 1.807) is 6.08 Å². The molecule has 5 heteroatoms. The maximum Gasteiger partial charge on any atom is 0.307 e. The summed E-state index contributed by atoms with van der Waals surface area (Å²) in [6.07, 6.45) is 8.55. The van der Waals surface area contributed by atoms with Crippen LogP contribution in [0.3, 0.4) is 0 Å². The highest BCUT2D eigenvalue weighted by molar-refractivity contribution is 6.02. The number of nitrogens with zero attached hydrogens (tertiary/aromatic N) is 1. The van der Waals surface area contributed by atoms with Gasteiger partial charge in [0, 0.05) is 17.3 Å². The molecule has 5 aliphatic rings. The molecule has 5 aliphatic carbocycles. The zero-order valence-corrected chi connectivity index (χ0v) is 21.0. The van der Waals surface area contributed by atoms with Gasteiger partial charge in [0.15, 0.2) is 11.6 Å². The molecule has 0 spiro atoms. The Kier molecular flexibility index (Phi) is 5.02. The SMILES string of the molecule is CC1C(=O)C(C#N)=CC2(C)C3=CC(=O)C4C(CCC5(C(=O)F)CCC(C)(C)CC45)C3(C)CCC12. The lowest BCUT2D eigenvalue weighted by Crippen LogP contribution is -2.60. The second kappa shape index (κ2) is 7.21. The molecule has 4 nitrogen and oxygen atoms in total. The monoisotopic (exact) mass is 465 g/mol. The molecule has 0 radical (unpaired) electrons. The smallest absolute Gasteiger partial charge is 0.295 e. The molecule has 182 valence electrons. The number of Topliss-reactive ketones (excluding diaryl/α,β-unsaturated/α-hetero) is 1. The van der Waals surface area contributed by atoms with Crippen molar-refractivity contribution in [1.29, 1.82) is 5.26 Å². The third-order valence-electron chi connectivity index (χ3n) is 11.1. The van der Waals surface area contributed by atoms with Crippen LogP contribution < -0.4 is 0 Å². The second-order valence-electron chi connectivity index (χ2n) is 13.2. The van der Waals surface area contributed by atoms with Crippen molar-refractivity contribution >= 4 is 17.6 Å². The summed E-state index contributed by atoms with van der Waals surface area (Å²) in [6, 6.07) is 0.876. The third kappa shape index (κ3) is 2.90. The largest absolute Gasteiger partial charge is 0.307 e. The first-order chi connectivity index (χ1) is 15.8. The van der Waals surface area contributed by atoms with Gasteiger partial charge in [-0.05, 0) is 79.6 Å². The summed E-state index contributed by atoms with van der Waals surface area (Å²) >= 11 is 0. The van der Waals surface area contributed by atoms with E-state index in [0.717, 1.165) is 24.8 Å². The van der Waals surface area contributed by atoms with Crippen molar-refractivity contribution in [1.82, 2.24) is 0 Å². The lowest BCUT2D eigenvalue weighted by atomic mass is 9.39. The van der Waals surface area contributed by atoms with E-state index in [4.69, 9.17) is 0 Å². The Hall–Kier alpha value is -2.09. The minimum Gasteiger partial charge on any atom is -0.295 e. The van der Waals surface area contributed by atoms with Crippen LogP contribution >= 0.6 is 0 Å². The topological polar surface area (TPSA) is 75.0 Å². The number of rotatable bonds is 1. The summed E-state index contributed by atoms with van der Waals surface area (Å²) in [5, 5.41) is 9.65. The number of nitriles is 1. The Morgan fingerprint density at radius 1 is 1.03 bits per heavy atom. The highest BCUT2D eigenvalue weighted by Crippen LogP contribution is 2.69. The molecular formula is C29H36FNO3. The van der Waals surface area contributed by atoms with Crippen LogP contribution in [0.2, 0.25) is 0 Å². The zero-order valence-electron chi connectivity index (χ0n) is 21.0. The summed E-state index contributed by atoms with van der Waals surface area (Å²) in [5.74, 6) is -0.835. The van der Waals surface area contributed by atoms with Gasteiger partial charge in [-0.25, -0.2) is 0 Å². The summed E-state index contributed by atoms with van der Waals surface area (Å²) in [7, 11) is 0. The minimum absolute atomic E-state index is 0.0174. The molecule has 3 fully saturated rings. The first kappa shape index (κ1) is 23.6. The molecular weight excluding hydrogens is 429 g/mol. The minimum atomic E-state index is -1.23. The molecule has 0 N–H and O–H groups in total. The van der Waals surface area contributed by atoms with Gasteiger partial charge in [0.2, 0.25) is 0 Å². The predicted molar refractivity (Wildman–Crippen MR) is 126 cm³/mol. The van der Waals surface area contributed by atoms with Crippen molar-refractivity contribution in [3.8, 4) is 6.07 Å². The number of hydrogen-bond acceptors (Lipinski definition) is 4. The molecule has 0 aromatic heterocycles. The number of carbonyl (C=O) groups is 3. The molecule has 8 atom stereocenters. The first-order valence-electron chi connectivity index (χ1n) is 12.9. The standard InChI is InChI=1S/C29H36FNO3/c1-16-18-6-8-27(4)19-7-9-29(25(30)34)11-10-26(2,3)14-20(29)23(19)21(32)12-22(27)28(18,5)13-17(15-31)24(16)33/h12-13,16,18-20,23H,6-11,14H2,1-5H3. The van der Waals surface area contributed by atoms with Crippen LogP contribution in [0.1, 0.15) is 79.6 Å². The number of carbonyl (C=O) groups excluding carboxylic acids is 3. The quantitative estimate of drug-likeness (QED) is 0.450. The average molecular weight is 466 g/mol. The van der Waals surface area contributed by atoms with Crippen LogP contribution in [0.4, 0.5) is 4.39 Å². The Morgan fingerprint density at radius 2 is 1.71 bits per heavy atom. The molecule has 34 heavy (non-hydrogen) atoms. The fraction of sp³-hybridized carbons (Fsp3) is 0.724. The van der Waals surface area contributed by atoms with E-state index < -0.39 is 16.9 Å². The second-order valence-corrected chi connectivity index (χ2v) is 13.2. The van der Waals surface area contributed by atoms with Crippen LogP contribution in [0.15, 0.2) is 23.3 Å². The van der Waals surface area contributed by atoms with E-state index >= 15 is 0 Å². The van der Waals surface area contributed by atoms with Gasteiger partial charge >= 0.3 is 6.04 Å². The molecule has 0 saturated heterocycles. The fourth-order valence-corrected chi connectivity index (χ4v) is 9.24. The van der Waals surface area contributed by atoms with E-state index in [2.05, 4.69) is 33.8 Å². The van der Waals surface area contributed by atoms with Crippen LogP contribution in [-0.2, 0) is 14.4 Å². The number of halogens is 1. The molecule has 0 aromatic rings. The highest BCUT2D eigenvalue weighted by atomic mass is 19.1. The Labute approximate surface area is 202 Å². The van der Waals surface area contributed by atoms with Crippen LogP contribution in [0.5, 0.6) is 0 Å². The van der Waals surface area contributed by atoms with Crippen molar-refractivity contribution in [2.45, 2.75) is 79.6 Å². The maximum atomic E-state index is 14.7. The average Bonchev–Trinajstić information content (AvgIpc) is 2.76. The van der Waals surface area contributed by atoms with Gasteiger partial charge in [0.05, 0.1) is 11.0 Å². The van der Waals surface area contributed by atoms with Gasteiger partial charge in [-0.1, -0.05) is 46.3 Å². The molecule has 0 aliphatic heterocycles. The first-order valence-corrected chi connectivity index (χ1v) is 12.9. The molecule has 8 unspecified atom stereocenters. The molecule has 3 saturated carbocycles. The maximum absolute atomic E-state index is 14.7. The van der Waals surface area contributed by atoms with Crippen LogP contribution in [-0.4, -0.2) is 17.6 Å². The Bertz CT molecular complexity index is 1100. The lowest BCUT2D eigenvalue weighted by molar-refractivity contribution is -0.167. The van der Waals surface area contributed by atoms with Crippen LogP contribution in [0, 0.1) is 62.6 Å². The Morgan fingerprint density at radius 3 is 2.35 bits per heavy atom. The molecule has 0 heterocycles. The Balaban J connectivity index is 1.65. The van der Waals surface area contributed by atoms with Gasteiger partial charge in [0.25, 0.3) is 0 Å². The molecule has 5 rings (SSSR count).